The van der Waals surface area contributed by atoms with Gasteiger partial charge in [0.15, 0.2) is 0 Å². The van der Waals surface area contributed by atoms with Crippen molar-refractivity contribution in [3.05, 3.63) is 120 Å². The quantitative estimate of drug-likeness (QED) is 0.477. The molecule has 5 rings (SSSR count). The molecule has 3 heteroatoms. The van der Waals surface area contributed by atoms with Crippen molar-refractivity contribution in [1.29, 1.82) is 0 Å². The highest BCUT2D eigenvalue weighted by molar-refractivity contribution is 6.00. The zero-order valence-corrected chi connectivity index (χ0v) is 16.0. The van der Waals surface area contributed by atoms with Gasteiger partial charge in [-0.25, -0.2) is 0 Å². The number of carbonyl (C=O) groups excluding carboxylic acids is 1. The summed E-state index contributed by atoms with van der Waals surface area (Å²) in [5.74, 6) is -0.0819. The number of carbonyl (C=O) groups is 1. The van der Waals surface area contributed by atoms with E-state index in [1.165, 1.54) is 5.56 Å². The zero-order chi connectivity index (χ0) is 19.6. The van der Waals surface area contributed by atoms with Crippen molar-refractivity contribution in [2.24, 2.45) is 0 Å². The van der Waals surface area contributed by atoms with Crippen LogP contribution in [0.3, 0.4) is 0 Å². The smallest absolute Gasteiger partial charge is 0.267 e. The van der Waals surface area contributed by atoms with Crippen LogP contribution in [-0.4, -0.2) is 15.7 Å². The van der Waals surface area contributed by atoms with E-state index < -0.39 is 0 Å². The van der Waals surface area contributed by atoms with Gasteiger partial charge in [-0.2, -0.15) is 9.78 Å². The van der Waals surface area contributed by atoms with Crippen LogP contribution in [0.1, 0.15) is 27.3 Å². The number of fused-ring (bicyclic) bond motifs is 1. The third-order valence-corrected chi connectivity index (χ3v) is 5.34. The number of hydrogen-bond acceptors (Lipinski definition) is 2. The van der Waals surface area contributed by atoms with Crippen molar-refractivity contribution in [2.75, 3.05) is 0 Å². The number of benzene rings is 3. The van der Waals surface area contributed by atoms with Gasteiger partial charge in [0.1, 0.15) is 0 Å². The van der Waals surface area contributed by atoms with E-state index in [9.17, 15) is 4.79 Å². The molecule has 29 heavy (non-hydrogen) atoms. The molecule has 2 heterocycles. The van der Waals surface area contributed by atoms with Crippen LogP contribution >= 0.6 is 0 Å². The Kier molecular flexibility index (Phi) is 4.41. The predicted molar refractivity (Wildman–Crippen MR) is 116 cm³/mol. The molecule has 140 valence electrons. The van der Waals surface area contributed by atoms with Gasteiger partial charge in [-0.05, 0) is 22.3 Å². The first-order valence-corrected chi connectivity index (χ1v) is 9.80. The number of nitrogens with zero attached hydrogens (tertiary/aromatic N) is 2. The minimum absolute atomic E-state index is 0.0819. The van der Waals surface area contributed by atoms with Gasteiger partial charge < -0.3 is 0 Å². The second-order valence-corrected chi connectivity index (χ2v) is 7.26. The molecular weight excluding hydrogens is 356 g/mol. The molecule has 3 nitrogen and oxygen atoms in total. The highest BCUT2D eigenvalue weighted by Gasteiger charge is 2.27. The van der Waals surface area contributed by atoms with Gasteiger partial charge in [-0.15, -0.1) is 0 Å². The lowest BCUT2D eigenvalue weighted by Crippen LogP contribution is -2.19. The van der Waals surface area contributed by atoms with E-state index in [2.05, 4.69) is 36.4 Å². The van der Waals surface area contributed by atoms with Crippen LogP contribution in [-0.2, 0) is 12.8 Å². The first-order valence-electron chi connectivity index (χ1n) is 9.80. The van der Waals surface area contributed by atoms with Gasteiger partial charge in [-0.1, -0.05) is 91.0 Å². The van der Waals surface area contributed by atoms with Gasteiger partial charge in [-0.3, -0.25) is 4.79 Å². The van der Waals surface area contributed by atoms with Crippen molar-refractivity contribution >= 4 is 11.5 Å². The third-order valence-electron chi connectivity index (χ3n) is 5.34. The van der Waals surface area contributed by atoms with Crippen molar-refractivity contribution in [2.45, 2.75) is 12.8 Å². The van der Waals surface area contributed by atoms with Crippen LogP contribution < -0.4 is 0 Å². The number of aromatic nitrogens is 2. The average molecular weight is 376 g/mol. The fraction of sp³-hybridized carbons (Fsp3) is 0.0769. The molecule has 1 aromatic heterocycles. The average Bonchev–Trinajstić information content (AvgIpc) is 3.14. The van der Waals surface area contributed by atoms with Crippen molar-refractivity contribution in [3.8, 4) is 11.1 Å². The Hall–Kier alpha value is -3.72. The maximum atomic E-state index is 12.9. The molecule has 1 aliphatic rings. The zero-order valence-electron chi connectivity index (χ0n) is 16.0. The van der Waals surface area contributed by atoms with E-state index >= 15 is 0 Å². The Morgan fingerprint density at radius 2 is 1.34 bits per heavy atom. The minimum atomic E-state index is -0.0819. The molecule has 0 atom stereocenters. The lowest BCUT2D eigenvalue weighted by Gasteiger charge is -2.16. The van der Waals surface area contributed by atoms with Crippen LogP contribution in [0.2, 0.25) is 0 Å². The standard InChI is InChI=1S/C26H20N2O/c29-25-18-22(20-12-6-2-7-13-20)17-24-26(21-14-8-3-9-15-21)23(27-28(24)25)16-19-10-4-1-5-11-19/h1-15,18H,16-17H2. The lowest BCUT2D eigenvalue weighted by molar-refractivity contribution is 0.0948. The van der Waals surface area contributed by atoms with Crippen LogP contribution in [0, 0.1) is 0 Å². The Labute approximate surface area is 170 Å². The summed E-state index contributed by atoms with van der Waals surface area (Å²) in [6, 6.07) is 30.7. The third kappa shape index (κ3) is 3.32. The largest absolute Gasteiger partial charge is 0.271 e. The minimum Gasteiger partial charge on any atom is -0.267 e. The van der Waals surface area contributed by atoms with Crippen LogP contribution in [0.15, 0.2) is 97.1 Å². The van der Waals surface area contributed by atoms with E-state index in [0.717, 1.165) is 33.7 Å². The fourth-order valence-corrected chi connectivity index (χ4v) is 3.98. The van der Waals surface area contributed by atoms with E-state index in [4.69, 9.17) is 5.10 Å². The molecule has 3 aromatic carbocycles. The summed E-state index contributed by atoms with van der Waals surface area (Å²) < 4.78 is 1.59. The Morgan fingerprint density at radius 3 is 2.00 bits per heavy atom. The summed E-state index contributed by atoms with van der Waals surface area (Å²) in [6.07, 6.45) is 3.09. The molecule has 0 aliphatic carbocycles. The molecule has 0 bridgehead atoms. The van der Waals surface area contributed by atoms with Crippen molar-refractivity contribution in [1.82, 2.24) is 9.78 Å². The summed E-state index contributed by atoms with van der Waals surface area (Å²) >= 11 is 0. The van der Waals surface area contributed by atoms with Gasteiger partial charge in [0, 0.05) is 24.5 Å². The lowest BCUT2D eigenvalue weighted by atomic mass is 9.92. The van der Waals surface area contributed by atoms with Gasteiger partial charge in [0.25, 0.3) is 5.91 Å². The molecule has 0 N–H and O–H groups in total. The van der Waals surface area contributed by atoms with Gasteiger partial charge in [0.2, 0.25) is 0 Å². The number of rotatable bonds is 4. The first-order chi connectivity index (χ1) is 14.3. The second-order valence-electron chi connectivity index (χ2n) is 7.26. The normalized spacial score (nSPS) is 13.1. The maximum Gasteiger partial charge on any atom is 0.271 e. The first kappa shape index (κ1) is 17.4. The van der Waals surface area contributed by atoms with Gasteiger partial charge in [0.05, 0.1) is 11.4 Å². The molecule has 0 unspecified atom stereocenters. The molecule has 0 fully saturated rings. The molecule has 1 aliphatic heterocycles. The molecule has 4 aromatic rings. The van der Waals surface area contributed by atoms with Crippen molar-refractivity contribution < 1.29 is 4.79 Å². The molecular formula is C26H20N2O. The van der Waals surface area contributed by atoms with E-state index in [-0.39, 0.29) is 5.91 Å². The van der Waals surface area contributed by atoms with Crippen molar-refractivity contribution in [3.63, 3.8) is 0 Å². The topological polar surface area (TPSA) is 34.9 Å². The number of hydrogen-bond donors (Lipinski definition) is 0. The van der Waals surface area contributed by atoms with Crippen LogP contribution in [0.5, 0.6) is 0 Å². The van der Waals surface area contributed by atoms with E-state index in [0.29, 0.717) is 12.8 Å². The molecule has 0 saturated carbocycles. The Balaban J connectivity index is 1.64. The Bertz CT molecular complexity index is 1190. The maximum absolute atomic E-state index is 12.9. The molecule has 0 saturated heterocycles. The summed E-state index contributed by atoms with van der Waals surface area (Å²) in [6.45, 7) is 0. The highest BCUT2D eigenvalue weighted by Crippen LogP contribution is 2.35. The van der Waals surface area contributed by atoms with Gasteiger partial charge >= 0.3 is 0 Å². The SMILES string of the molecule is O=C1C=C(c2ccccc2)Cc2c(-c3ccccc3)c(Cc3ccccc3)nn21. The monoisotopic (exact) mass is 376 g/mol. The summed E-state index contributed by atoms with van der Waals surface area (Å²) in [4.78, 5) is 12.9. The summed E-state index contributed by atoms with van der Waals surface area (Å²) in [5.41, 5.74) is 7.38. The second kappa shape index (κ2) is 7.36. The highest BCUT2D eigenvalue weighted by atomic mass is 16.2. The summed E-state index contributed by atoms with van der Waals surface area (Å²) in [5, 5.41) is 4.75. The van der Waals surface area contributed by atoms with Crippen LogP contribution in [0.4, 0.5) is 0 Å². The predicted octanol–water partition coefficient (Wildman–Crippen LogP) is 5.42. The van der Waals surface area contributed by atoms with Crippen LogP contribution in [0.25, 0.3) is 16.7 Å². The molecule has 0 amide bonds. The van der Waals surface area contributed by atoms with E-state index in [1.54, 1.807) is 10.8 Å². The Morgan fingerprint density at radius 1 is 0.759 bits per heavy atom. The summed E-state index contributed by atoms with van der Waals surface area (Å²) in [7, 11) is 0. The molecule has 0 spiro atoms. The molecule has 0 radical (unpaired) electrons. The fourth-order valence-electron chi connectivity index (χ4n) is 3.98. The number of allylic oxidation sites excluding steroid dienone is 2. The van der Waals surface area contributed by atoms with E-state index in [1.807, 2.05) is 54.6 Å².